The molecule has 0 aliphatic carbocycles. The maximum absolute atomic E-state index is 11.8. The van der Waals surface area contributed by atoms with Crippen molar-refractivity contribution in [1.29, 1.82) is 0 Å². The molecule has 0 aromatic carbocycles. The molecule has 2 rings (SSSR count). The molecule has 5 heteroatoms. The summed E-state index contributed by atoms with van der Waals surface area (Å²) in [5, 5.41) is 3.15. The van der Waals surface area contributed by atoms with E-state index in [4.69, 9.17) is 11.6 Å². The van der Waals surface area contributed by atoms with E-state index in [-0.39, 0.29) is 0 Å². The minimum absolute atomic E-state index is 0.332. The molecule has 1 unspecified atom stereocenters. The molecule has 1 aliphatic heterocycles. The molecule has 1 aromatic rings. The van der Waals surface area contributed by atoms with Crippen LogP contribution in [0.25, 0.3) is 0 Å². The summed E-state index contributed by atoms with van der Waals surface area (Å²) in [6.07, 6.45) is 5.05. The van der Waals surface area contributed by atoms with Crippen LogP contribution in [-0.4, -0.2) is 28.9 Å². The Morgan fingerprint density at radius 2 is 2.42 bits per heavy atom. The highest BCUT2D eigenvalue weighted by molar-refractivity contribution is 7.09. The number of carbonyl (C=O) groups is 1. The van der Waals surface area contributed by atoms with Crippen LogP contribution >= 0.6 is 22.9 Å². The molecule has 1 aliphatic rings. The SMILES string of the molecule is CCCC1CC(=O)N(CCCc2nc(CCl)cs2)C1. The Hall–Kier alpha value is -0.610. The molecule has 1 atom stereocenters. The molecule has 2 heterocycles. The summed E-state index contributed by atoms with van der Waals surface area (Å²) in [7, 11) is 0. The number of carbonyl (C=O) groups excluding carboxylic acids is 1. The second-order valence-electron chi connectivity index (χ2n) is 5.17. The monoisotopic (exact) mass is 300 g/mol. The number of aryl methyl sites for hydroxylation is 1. The zero-order valence-electron chi connectivity index (χ0n) is 11.4. The summed E-state index contributed by atoms with van der Waals surface area (Å²) in [6, 6.07) is 0. The number of aromatic nitrogens is 1. The Balaban J connectivity index is 1.72. The smallest absolute Gasteiger partial charge is 0.222 e. The van der Waals surface area contributed by atoms with E-state index in [2.05, 4.69) is 11.9 Å². The Bertz CT molecular complexity index is 421. The number of hydrogen-bond donors (Lipinski definition) is 0. The van der Waals surface area contributed by atoms with Crippen molar-refractivity contribution in [3.05, 3.63) is 16.1 Å². The highest BCUT2D eigenvalue weighted by atomic mass is 35.5. The van der Waals surface area contributed by atoms with Gasteiger partial charge in [-0.1, -0.05) is 13.3 Å². The van der Waals surface area contributed by atoms with Gasteiger partial charge in [-0.05, 0) is 18.8 Å². The molecule has 0 saturated carbocycles. The maximum atomic E-state index is 11.8. The van der Waals surface area contributed by atoms with E-state index in [1.54, 1.807) is 11.3 Å². The number of likely N-dealkylation sites (tertiary alicyclic amines) is 1. The van der Waals surface area contributed by atoms with Gasteiger partial charge in [0, 0.05) is 31.3 Å². The highest BCUT2D eigenvalue weighted by Gasteiger charge is 2.28. The maximum Gasteiger partial charge on any atom is 0.222 e. The lowest BCUT2D eigenvalue weighted by atomic mass is 10.0. The first kappa shape index (κ1) is 14.8. The minimum Gasteiger partial charge on any atom is -0.342 e. The molecule has 1 fully saturated rings. The largest absolute Gasteiger partial charge is 0.342 e. The number of alkyl halides is 1. The van der Waals surface area contributed by atoms with Crippen LogP contribution < -0.4 is 0 Å². The molecule has 106 valence electrons. The summed E-state index contributed by atoms with van der Waals surface area (Å²) < 4.78 is 0. The number of hydrogen-bond acceptors (Lipinski definition) is 3. The van der Waals surface area contributed by atoms with E-state index < -0.39 is 0 Å². The van der Waals surface area contributed by atoms with E-state index in [0.29, 0.717) is 17.7 Å². The van der Waals surface area contributed by atoms with Crippen LogP contribution in [0.3, 0.4) is 0 Å². The molecule has 1 amide bonds. The number of halogens is 1. The molecule has 0 N–H and O–H groups in total. The van der Waals surface area contributed by atoms with E-state index >= 15 is 0 Å². The van der Waals surface area contributed by atoms with E-state index in [0.717, 1.165) is 43.1 Å². The molecular weight excluding hydrogens is 280 g/mol. The molecule has 1 saturated heterocycles. The summed E-state index contributed by atoms with van der Waals surface area (Å²) in [5.41, 5.74) is 0.960. The van der Waals surface area contributed by atoms with Crippen LogP contribution in [0.1, 0.15) is 43.3 Å². The summed E-state index contributed by atoms with van der Waals surface area (Å²) >= 11 is 7.40. The average molecular weight is 301 g/mol. The molecular formula is C14H21ClN2OS. The normalized spacial score (nSPS) is 19.4. The van der Waals surface area contributed by atoms with Crippen molar-refractivity contribution in [1.82, 2.24) is 9.88 Å². The van der Waals surface area contributed by atoms with Gasteiger partial charge in [0.25, 0.3) is 0 Å². The first-order chi connectivity index (χ1) is 9.22. The van der Waals surface area contributed by atoms with Crippen molar-refractivity contribution >= 4 is 28.8 Å². The first-order valence-electron chi connectivity index (χ1n) is 7.00. The van der Waals surface area contributed by atoms with E-state index in [9.17, 15) is 4.79 Å². The van der Waals surface area contributed by atoms with E-state index in [1.807, 2.05) is 10.3 Å². The number of rotatable bonds is 7. The van der Waals surface area contributed by atoms with Gasteiger partial charge in [0.2, 0.25) is 5.91 Å². The average Bonchev–Trinajstić information content (AvgIpc) is 2.98. The third-order valence-corrected chi connectivity index (χ3v) is 4.78. The minimum atomic E-state index is 0.332. The highest BCUT2D eigenvalue weighted by Crippen LogP contribution is 2.22. The second-order valence-corrected chi connectivity index (χ2v) is 6.38. The van der Waals surface area contributed by atoms with Crippen molar-refractivity contribution in [3.8, 4) is 0 Å². The van der Waals surface area contributed by atoms with Crippen LogP contribution in [0.15, 0.2) is 5.38 Å². The quantitative estimate of drug-likeness (QED) is 0.723. The van der Waals surface area contributed by atoms with Gasteiger partial charge in [-0.25, -0.2) is 4.98 Å². The van der Waals surface area contributed by atoms with Gasteiger partial charge in [0.1, 0.15) is 0 Å². The fourth-order valence-electron chi connectivity index (χ4n) is 2.62. The van der Waals surface area contributed by atoms with Gasteiger partial charge in [0.05, 0.1) is 16.6 Å². The lowest BCUT2D eigenvalue weighted by molar-refractivity contribution is -0.127. The third-order valence-electron chi connectivity index (χ3n) is 3.55. The van der Waals surface area contributed by atoms with Crippen LogP contribution in [0, 0.1) is 5.92 Å². The van der Waals surface area contributed by atoms with Crippen molar-refractivity contribution in [2.75, 3.05) is 13.1 Å². The number of thiazole rings is 1. The van der Waals surface area contributed by atoms with Gasteiger partial charge in [-0.15, -0.1) is 22.9 Å². The predicted molar refractivity (Wildman–Crippen MR) is 79.6 cm³/mol. The Morgan fingerprint density at radius 1 is 1.58 bits per heavy atom. The molecule has 1 aromatic heterocycles. The van der Waals surface area contributed by atoms with Crippen molar-refractivity contribution in [2.24, 2.45) is 5.92 Å². The second kappa shape index (κ2) is 7.25. The molecule has 3 nitrogen and oxygen atoms in total. The zero-order chi connectivity index (χ0) is 13.7. The molecule has 19 heavy (non-hydrogen) atoms. The summed E-state index contributed by atoms with van der Waals surface area (Å²) in [4.78, 5) is 18.3. The lowest BCUT2D eigenvalue weighted by Gasteiger charge is -2.15. The van der Waals surface area contributed by atoms with Gasteiger partial charge in [-0.2, -0.15) is 0 Å². The Labute approximate surface area is 124 Å². The Morgan fingerprint density at radius 3 is 3.11 bits per heavy atom. The van der Waals surface area contributed by atoms with Crippen LogP contribution in [0.4, 0.5) is 0 Å². The van der Waals surface area contributed by atoms with E-state index in [1.165, 1.54) is 12.8 Å². The van der Waals surface area contributed by atoms with Crippen LogP contribution in [0.5, 0.6) is 0 Å². The van der Waals surface area contributed by atoms with Gasteiger partial charge in [0.15, 0.2) is 0 Å². The predicted octanol–water partition coefficient (Wildman–Crippen LogP) is 3.46. The molecule has 0 radical (unpaired) electrons. The van der Waals surface area contributed by atoms with Crippen molar-refractivity contribution < 1.29 is 4.79 Å². The van der Waals surface area contributed by atoms with Crippen LogP contribution in [-0.2, 0) is 17.1 Å². The molecule has 0 spiro atoms. The van der Waals surface area contributed by atoms with Crippen LogP contribution in [0.2, 0.25) is 0 Å². The fourth-order valence-corrected chi connectivity index (χ4v) is 3.69. The Kier molecular flexibility index (Phi) is 5.64. The van der Waals surface area contributed by atoms with Gasteiger partial charge in [-0.3, -0.25) is 4.79 Å². The standard InChI is InChI=1S/C14H21ClN2OS/c1-2-4-11-7-14(18)17(9-11)6-3-5-13-16-12(8-15)10-19-13/h10-11H,2-9H2,1H3. The topological polar surface area (TPSA) is 33.2 Å². The van der Waals surface area contributed by atoms with Crippen molar-refractivity contribution in [2.45, 2.75) is 44.9 Å². The molecule has 0 bridgehead atoms. The summed E-state index contributed by atoms with van der Waals surface area (Å²) in [5.74, 6) is 1.40. The number of amides is 1. The lowest BCUT2D eigenvalue weighted by Crippen LogP contribution is -2.26. The van der Waals surface area contributed by atoms with Gasteiger partial charge < -0.3 is 4.90 Å². The fraction of sp³-hybridized carbons (Fsp3) is 0.714. The number of nitrogens with zero attached hydrogens (tertiary/aromatic N) is 2. The van der Waals surface area contributed by atoms with Gasteiger partial charge >= 0.3 is 0 Å². The first-order valence-corrected chi connectivity index (χ1v) is 8.41. The zero-order valence-corrected chi connectivity index (χ0v) is 13.0. The van der Waals surface area contributed by atoms with Crippen molar-refractivity contribution in [3.63, 3.8) is 0 Å². The summed E-state index contributed by atoms with van der Waals surface area (Å²) in [6.45, 7) is 4.01. The third kappa shape index (κ3) is 4.18.